The van der Waals surface area contributed by atoms with Gasteiger partial charge in [-0.1, -0.05) is 0 Å². The van der Waals surface area contributed by atoms with E-state index in [1.165, 1.54) is 0 Å². The summed E-state index contributed by atoms with van der Waals surface area (Å²) in [7, 11) is 0. The molecule has 0 unspecified atom stereocenters. The van der Waals surface area contributed by atoms with Crippen LogP contribution < -0.4 is 10.5 Å². The fraction of sp³-hybridized carbons (Fsp3) is 0.474. The average Bonchev–Trinajstić information content (AvgIpc) is 3.21. The third-order valence-electron chi connectivity index (χ3n) is 5.12. The van der Waals surface area contributed by atoms with Crippen LogP contribution in [0.4, 0.5) is 5.82 Å². The summed E-state index contributed by atoms with van der Waals surface area (Å²) in [5.41, 5.74) is 7.00. The van der Waals surface area contributed by atoms with E-state index in [1.807, 2.05) is 16.9 Å². The minimum Gasteiger partial charge on any atom is -0.474 e. The first kappa shape index (κ1) is 18.3. The van der Waals surface area contributed by atoms with Crippen LogP contribution in [0.5, 0.6) is 5.88 Å². The minimum absolute atomic E-state index is 0.0895. The summed E-state index contributed by atoms with van der Waals surface area (Å²) in [4.78, 5) is 4.60. The highest BCUT2D eigenvalue weighted by Crippen LogP contribution is 2.43. The first-order chi connectivity index (χ1) is 13.3. The third-order valence-corrected chi connectivity index (χ3v) is 5.12. The molecule has 9 nitrogen and oxygen atoms in total. The van der Waals surface area contributed by atoms with Gasteiger partial charge in [0, 0.05) is 6.20 Å². The maximum atomic E-state index is 9.92. The molecule has 0 saturated heterocycles. The van der Waals surface area contributed by atoms with Crippen LogP contribution in [0, 0.1) is 11.3 Å². The molecule has 28 heavy (non-hydrogen) atoms. The number of aliphatic hydroxyl groups is 1. The summed E-state index contributed by atoms with van der Waals surface area (Å²) in [5.74, 6) is 0.676. The Hall–Kier alpha value is -3.12. The normalized spacial score (nSPS) is 15.9. The van der Waals surface area contributed by atoms with E-state index in [0.29, 0.717) is 29.4 Å². The molecule has 0 atom stereocenters. The molecule has 1 fully saturated rings. The van der Waals surface area contributed by atoms with Crippen molar-refractivity contribution in [2.75, 3.05) is 12.3 Å². The first-order valence-corrected chi connectivity index (χ1v) is 9.24. The van der Waals surface area contributed by atoms with Gasteiger partial charge >= 0.3 is 0 Å². The molecule has 1 aliphatic carbocycles. The lowest BCUT2D eigenvalue weighted by molar-refractivity contribution is 0.0267. The fourth-order valence-electron chi connectivity index (χ4n) is 3.46. The van der Waals surface area contributed by atoms with Crippen LogP contribution in [0.3, 0.4) is 0 Å². The van der Waals surface area contributed by atoms with E-state index < -0.39 is 5.60 Å². The standard InChI is InChI=1S/C19H23N7O2/c1-18(2,27)12-28-15-11-25-14(4-9-22-25)16(23-15)13-10-26(24-17(13)21)19(7-8-20)5-3-6-19/h4,9-11,27H,3,5-7,12H2,1-2H3,(H2,21,24). The molecular formula is C19H23N7O2. The molecule has 1 aliphatic rings. The van der Waals surface area contributed by atoms with E-state index in [2.05, 4.69) is 21.3 Å². The SMILES string of the molecule is CC(C)(O)COc1cn2nccc2c(-c2cn(C3(CC#N)CCC3)nc2N)n1. The van der Waals surface area contributed by atoms with Crippen molar-refractivity contribution in [2.24, 2.45) is 0 Å². The van der Waals surface area contributed by atoms with E-state index in [9.17, 15) is 10.4 Å². The van der Waals surface area contributed by atoms with E-state index in [1.54, 1.807) is 30.8 Å². The molecule has 0 bridgehead atoms. The Kier molecular flexibility index (Phi) is 4.23. The van der Waals surface area contributed by atoms with Crippen LogP contribution in [-0.2, 0) is 5.54 Å². The fourth-order valence-corrected chi connectivity index (χ4v) is 3.46. The van der Waals surface area contributed by atoms with Crippen LogP contribution >= 0.6 is 0 Å². The zero-order chi connectivity index (χ0) is 19.9. The summed E-state index contributed by atoms with van der Waals surface area (Å²) < 4.78 is 9.14. The summed E-state index contributed by atoms with van der Waals surface area (Å²) in [6, 6.07) is 4.11. The Morgan fingerprint density at radius 1 is 1.39 bits per heavy atom. The molecule has 3 N–H and O–H groups in total. The Labute approximate surface area is 162 Å². The van der Waals surface area contributed by atoms with Crippen molar-refractivity contribution in [3.63, 3.8) is 0 Å². The number of aromatic nitrogens is 5. The monoisotopic (exact) mass is 381 g/mol. The predicted molar refractivity (Wildman–Crippen MR) is 102 cm³/mol. The van der Waals surface area contributed by atoms with Gasteiger partial charge in [0.25, 0.3) is 0 Å². The van der Waals surface area contributed by atoms with Gasteiger partial charge in [-0.3, -0.25) is 4.68 Å². The van der Waals surface area contributed by atoms with Crippen molar-refractivity contribution in [2.45, 2.75) is 50.7 Å². The Bertz CT molecular complexity index is 1050. The van der Waals surface area contributed by atoms with E-state index >= 15 is 0 Å². The Morgan fingerprint density at radius 3 is 2.82 bits per heavy atom. The van der Waals surface area contributed by atoms with Crippen molar-refractivity contribution in [1.29, 1.82) is 5.26 Å². The third kappa shape index (κ3) is 3.16. The highest BCUT2D eigenvalue weighted by Gasteiger charge is 2.40. The molecule has 0 amide bonds. The van der Waals surface area contributed by atoms with Gasteiger partial charge in [0.15, 0.2) is 5.82 Å². The van der Waals surface area contributed by atoms with Gasteiger partial charge in [0.05, 0.1) is 47.1 Å². The van der Waals surface area contributed by atoms with Crippen molar-refractivity contribution in [3.8, 4) is 23.2 Å². The molecule has 1 saturated carbocycles. The van der Waals surface area contributed by atoms with Crippen LogP contribution in [0.2, 0.25) is 0 Å². The number of hydrogen-bond acceptors (Lipinski definition) is 7. The molecule has 9 heteroatoms. The number of anilines is 1. The van der Waals surface area contributed by atoms with Crippen molar-refractivity contribution < 1.29 is 9.84 Å². The molecule has 3 aromatic heterocycles. The maximum Gasteiger partial charge on any atom is 0.233 e. The largest absolute Gasteiger partial charge is 0.474 e. The van der Waals surface area contributed by atoms with Crippen LogP contribution in [0.25, 0.3) is 16.8 Å². The lowest BCUT2D eigenvalue weighted by Crippen LogP contribution is -2.40. The zero-order valence-corrected chi connectivity index (χ0v) is 16.0. The van der Waals surface area contributed by atoms with E-state index in [4.69, 9.17) is 10.5 Å². The Morgan fingerprint density at radius 2 is 2.18 bits per heavy atom. The second kappa shape index (κ2) is 6.49. The minimum atomic E-state index is -0.987. The molecule has 3 heterocycles. The number of nitriles is 1. The lowest BCUT2D eigenvalue weighted by Gasteiger charge is -2.40. The highest BCUT2D eigenvalue weighted by molar-refractivity contribution is 5.82. The molecule has 146 valence electrons. The summed E-state index contributed by atoms with van der Waals surface area (Å²) in [6.45, 7) is 3.41. The molecule has 3 aromatic rings. The average molecular weight is 381 g/mol. The van der Waals surface area contributed by atoms with Crippen molar-refractivity contribution >= 4 is 11.3 Å². The summed E-state index contributed by atoms with van der Waals surface area (Å²) in [5, 5.41) is 27.9. The molecule has 0 aliphatic heterocycles. The van der Waals surface area contributed by atoms with Crippen molar-refractivity contribution in [1.82, 2.24) is 24.4 Å². The molecule has 0 aromatic carbocycles. The van der Waals surface area contributed by atoms with Gasteiger partial charge in [-0.2, -0.15) is 15.5 Å². The Balaban J connectivity index is 1.77. The smallest absolute Gasteiger partial charge is 0.233 e. The topological polar surface area (TPSA) is 127 Å². The number of nitrogens with two attached hydrogens (primary N) is 1. The number of nitrogen functional groups attached to an aromatic ring is 1. The number of rotatable bonds is 6. The second-order valence-electron chi connectivity index (χ2n) is 7.98. The molecular weight excluding hydrogens is 358 g/mol. The summed E-state index contributed by atoms with van der Waals surface area (Å²) >= 11 is 0. The molecule has 4 rings (SSSR count). The van der Waals surface area contributed by atoms with Crippen LogP contribution in [0.15, 0.2) is 24.7 Å². The molecule has 0 spiro atoms. The summed E-state index contributed by atoms with van der Waals surface area (Å²) in [6.07, 6.45) is 8.48. The maximum absolute atomic E-state index is 9.92. The van der Waals surface area contributed by atoms with E-state index in [0.717, 1.165) is 24.8 Å². The van der Waals surface area contributed by atoms with Crippen LogP contribution in [-0.4, -0.2) is 41.7 Å². The second-order valence-corrected chi connectivity index (χ2v) is 7.98. The number of nitrogens with zero attached hydrogens (tertiary/aromatic N) is 6. The highest BCUT2D eigenvalue weighted by atomic mass is 16.5. The van der Waals surface area contributed by atoms with Gasteiger partial charge in [0.1, 0.15) is 12.3 Å². The van der Waals surface area contributed by atoms with Gasteiger partial charge < -0.3 is 15.6 Å². The van der Waals surface area contributed by atoms with Gasteiger partial charge in [0.2, 0.25) is 5.88 Å². The van der Waals surface area contributed by atoms with Gasteiger partial charge in [-0.05, 0) is 39.2 Å². The van der Waals surface area contributed by atoms with Gasteiger partial charge in [-0.15, -0.1) is 0 Å². The quantitative estimate of drug-likeness (QED) is 0.669. The lowest BCUT2D eigenvalue weighted by atomic mass is 9.75. The van der Waals surface area contributed by atoms with Gasteiger partial charge in [-0.25, -0.2) is 9.50 Å². The molecule has 0 radical (unpaired) electrons. The predicted octanol–water partition coefficient (Wildman–Crippen LogP) is 2.12. The first-order valence-electron chi connectivity index (χ1n) is 9.24. The zero-order valence-electron chi connectivity index (χ0n) is 16.0. The number of fused-ring (bicyclic) bond motifs is 1. The number of hydrogen-bond donors (Lipinski definition) is 2. The van der Waals surface area contributed by atoms with E-state index in [-0.39, 0.29) is 12.1 Å². The van der Waals surface area contributed by atoms with Crippen LogP contribution in [0.1, 0.15) is 39.5 Å². The number of ether oxygens (including phenoxy) is 1. The van der Waals surface area contributed by atoms with Crippen molar-refractivity contribution in [3.05, 3.63) is 24.7 Å².